The van der Waals surface area contributed by atoms with Crippen molar-refractivity contribution in [3.05, 3.63) is 11.6 Å². The number of carbonyl (C=O) groups excluding carboxylic acids is 1. The highest BCUT2D eigenvalue weighted by Gasteiger charge is 2.16. The Balaban J connectivity index is 3.84. The molecule has 0 saturated heterocycles. The van der Waals surface area contributed by atoms with E-state index >= 15 is 0 Å². The molecule has 0 amide bonds. The zero-order valence-electron chi connectivity index (χ0n) is 11.8. The van der Waals surface area contributed by atoms with Gasteiger partial charge in [-0.3, -0.25) is 4.79 Å². The second kappa shape index (κ2) is 8.29. The van der Waals surface area contributed by atoms with Crippen LogP contribution in [0.15, 0.2) is 11.6 Å². The molecule has 3 nitrogen and oxygen atoms in total. The first kappa shape index (κ1) is 16.2. The third-order valence-electron chi connectivity index (χ3n) is 2.73. The molecular weight excluding hydrogens is 216 g/mol. The van der Waals surface area contributed by atoms with Gasteiger partial charge in [0.15, 0.2) is 0 Å². The Kier molecular flexibility index (Phi) is 7.88. The summed E-state index contributed by atoms with van der Waals surface area (Å²) in [5, 5.41) is 0. The Hall–Kier alpha value is -0.830. The van der Waals surface area contributed by atoms with E-state index in [4.69, 9.17) is 4.74 Å². The van der Waals surface area contributed by atoms with Crippen molar-refractivity contribution in [3.63, 3.8) is 0 Å². The van der Waals surface area contributed by atoms with Crippen molar-refractivity contribution < 1.29 is 14.3 Å². The maximum absolute atomic E-state index is 10.9. The minimum atomic E-state index is -0.181. The highest BCUT2D eigenvalue weighted by Crippen LogP contribution is 2.19. The van der Waals surface area contributed by atoms with Gasteiger partial charge in [0.1, 0.15) is 0 Å². The molecule has 0 aliphatic rings. The van der Waals surface area contributed by atoms with Crippen LogP contribution in [0.25, 0.3) is 0 Å². The molecule has 17 heavy (non-hydrogen) atoms. The van der Waals surface area contributed by atoms with Gasteiger partial charge in [-0.2, -0.15) is 0 Å². The largest absolute Gasteiger partial charge is 0.469 e. The third-order valence-corrected chi connectivity index (χ3v) is 2.73. The first-order valence-electron chi connectivity index (χ1n) is 6.27. The van der Waals surface area contributed by atoms with Crippen LogP contribution in [0.2, 0.25) is 0 Å². The number of hydrogen-bond acceptors (Lipinski definition) is 3. The normalized spacial score (nSPS) is 12.6. The Bertz CT molecular complexity index is 254. The lowest BCUT2D eigenvalue weighted by Crippen LogP contribution is -2.24. The Morgan fingerprint density at radius 2 is 2.00 bits per heavy atom. The van der Waals surface area contributed by atoms with E-state index in [0.29, 0.717) is 6.42 Å². The molecule has 0 atom stereocenters. The lowest BCUT2D eigenvalue weighted by atomic mass is 9.99. The molecule has 0 aromatic carbocycles. The Morgan fingerprint density at radius 3 is 2.53 bits per heavy atom. The fourth-order valence-electron chi connectivity index (χ4n) is 1.70. The van der Waals surface area contributed by atoms with Crippen LogP contribution in [-0.4, -0.2) is 25.3 Å². The summed E-state index contributed by atoms with van der Waals surface area (Å²) < 4.78 is 10.2. The standard InChI is InChI=1S/C14H26O3/c1-6-17-14(3,4)11-7-8-12(2)9-10-13(15)16-5/h9H,6-8,10-11H2,1-5H3/b12-9+. The molecule has 0 spiro atoms. The average molecular weight is 242 g/mol. The van der Waals surface area contributed by atoms with E-state index in [1.54, 1.807) is 0 Å². The number of carbonyl (C=O) groups is 1. The lowest BCUT2D eigenvalue weighted by Gasteiger charge is -2.24. The second-order valence-corrected chi connectivity index (χ2v) is 4.88. The van der Waals surface area contributed by atoms with E-state index in [0.717, 1.165) is 25.9 Å². The topological polar surface area (TPSA) is 35.5 Å². The maximum atomic E-state index is 10.9. The number of ether oxygens (including phenoxy) is 2. The van der Waals surface area contributed by atoms with Crippen molar-refractivity contribution >= 4 is 5.97 Å². The average Bonchev–Trinajstić information content (AvgIpc) is 2.25. The summed E-state index contributed by atoms with van der Waals surface area (Å²) in [4.78, 5) is 10.9. The lowest BCUT2D eigenvalue weighted by molar-refractivity contribution is -0.139. The summed E-state index contributed by atoms with van der Waals surface area (Å²) >= 11 is 0. The molecule has 100 valence electrons. The van der Waals surface area contributed by atoms with Gasteiger partial charge < -0.3 is 9.47 Å². The van der Waals surface area contributed by atoms with E-state index in [2.05, 4.69) is 25.5 Å². The van der Waals surface area contributed by atoms with Crippen molar-refractivity contribution in [1.82, 2.24) is 0 Å². The van der Waals surface area contributed by atoms with Crippen molar-refractivity contribution in [2.75, 3.05) is 13.7 Å². The zero-order valence-corrected chi connectivity index (χ0v) is 11.8. The minimum absolute atomic E-state index is 0.0443. The van der Waals surface area contributed by atoms with Crippen molar-refractivity contribution in [1.29, 1.82) is 0 Å². The summed E-state index contributed by atoms with van der Waals surface area (Å²) in [7, 11) is 1.41. The van der Waals surface area contributed by atoms with Crippen LogP contribution in [0.3, 0.4) is 0 Å². The summed E-state index contributed by atoms with van der Waals surface area (Å²) in [6.45, 7) is 9.05. The molecule has 3 heteroatoms. The van der Waals surface area contributed by atoms with E-state index in [9.17, 15) is 4.79 Å². The highest BCUT2D eigenvalue weighted by atomic mass is 16.5. The van der Waals surface area contributed by atoms with Crippen LogP contribution in [0.5, 0.6) is 0 Å². The molecule has 0 radical (unpaired) electrons. The molecule has 0 bridgehead atoms. The molecule has 0 N–H and O–H groups in total. The molecule has 0 aromatic heterocycles. The zero-order chi connectivity index (χ0) is 13.3. The summed E-state index contributed by atoms with van der Waals surface area (Å²) in [6, 6.07) is 0. The molecule has 0 aliphatic carbocycles. The molecule has 0 saturated carbocycles. The maximum Gasteiger partial charge on any atom is 0.309 e. The van der Waals surface area contributed by atoms with E-state index < -0.39 is 0 Å². The fraction of sp³-hybridized carbons (Fsp3) is 0.786. The number of allylic oxidation sites excluding steroid dienone is 1. The van der Waals surface area contributed by atoms with Gasteiger partial charge in [-0.25, -0.2) is 0 Å². The van der Waals surface area contributed by atoms with Gasteiger partial charge in [0.2, 0.25) is 0 Å². The quantitative estimate of drug-likeness (QED) is 0.483. The third kappa shape index (κ3) is 8.93. The molecule has 0 aliphatic heterocycles. The predicted molar refractivity (Wildman–Crippen MR) is 69.9 cm³/mol. The van der Waals surface area contributed by atoms with Crippen molar-refractivity contribution in [2.24, 2.45) is 0 Å². The molecule has 0 rings (SSSR count). The monoisotopic (exact) mass is 242 g/mol. The van der Waals surface area contributed by atoms with Crippen molar-refractivity contribution in [3.8, 4) is 0 Å². The van der Waals surface area contributed by atoms with Crippen LogP contribution in [0.4, 0.5) is 0 Å². The summed E-state index contributed by atoms with van der Waals surface area (Å²) in [5.74, 6) is -0.181. The Labute approximate surface area is 105 Å². The fourth-order valence-corrected chi connectivity index (χ4v) is 1.70. The van der Waals surface area contributed by atoms with Crippen LogP contribution < -0.4 is 0 Å². The number of rotatable bonds is 8. The summed E-state index contributed by atoms with van der Waals surface area (Å²) in [6.07, 6.45) is 5.44. The van der Waals surface area contributed by atoms with Crippen LogP contribution in [0, 0.1) is 0 Å². The number of esters is 1. The number of hydrogen-bond donors (Lipinski definition) is 0. The highest BCUT2D eigenvalue weighted by molar-refractivity contribution is 5.71. The Morgan fingerprint density at radius 1 is 1.35 bits per heavy atom. The smallest absolute Gasteiger partial charge is 0.309 e. The van der Waals surface area contributed by atoms with E-state index in [1.807, 2.05) is 13.0 Å². The predicted octanol–water partition coefficient (Wildman–Crippen LogP) is 3.48. The van der Waals surface area contributed by atoms with Gasteiger partial charge in [-0.05, 0) is 47.0 Å². The van der Waals surface area contributed by atoms with Gasteiger partial charge >= 0.3 is 5.97 Å². The molecule has 0 heterocycles. The van der Waals surface area contributed by atoms with Gasteiger partial charge in [0.05, 0.1) is 19.1 Å². The molecule has 0 aromatic rings. The molecule has 0 unspecified atom stereocenters. The van der Waals surface area contributed by atoms with Gasteiger partial charge in [0.25, 0.3) is 0 Å². The van der Waals surface area contributed by atoms with E-state index in [1.165, 1.54) is 12.7 Å². The van der Waals surface area contributed by atoms with Gasteiger partial charge in [0, 0.05) is 6.61 Å². The van der Waals surface area contributed by atoms with Crippen molar-refractivity contribution in [2.45, 2.75) is 59.0 Å². The number of methoxy groups -OCH3 is 1. The minimum Gasteiger partial charge on any atom is -0.469 e. The van der Waals surface area contributed by atoms with Crippen LogP contribution in [-0.2, 0) is 14.3 Å². The van der Waals surface area contributed by atoms with E-state index in [-0.39, 0.29) is 11.6 Å². The first-order valence-corrected chi connectivity index (χ1v) is 6.27. The van der Waals surface area contributed by atoms with Gasteiger partial charge in [-0.15, -0.1) is 0 Å². The summed E-state index contributed by atoms with van der Waals surface area (Å²) in [5.41, 5.74) is 1.19. The first-order chi connectivity index (χ1) is 7.91. The molecular formula is C14H26O3. The van der Waals surface area contributed by atoms with Crippen LogP contribution in [0.1, 0.15) is 53.4 Å². The molecule has 0 fully saturated rings. The second-order valence-electron chi connectivity index (χ2n) is 4.88. The van der Waals surface area contributed by atoms with Crippen LogP contribution >= 0.6 is 0 Å². The van der Waals surface area contributed by atoms with Gasteiger partial charge in [-0.1, -0.05) is 11.6 Å². The SMILES string of the molecule is CCOC(C)(C)CCC/C(C)=C/CC(=O)OC.